The monoisotopic (exact) mass is 315 g/mol. The van der Waals surface area contributed by atoms with Crippen LogP contribution in [0.3, 0.4) is 0 Å². The van der Waals surface area contributed by atoms with Crippen LogP contribution in [0.2, 0.25) is 0 Å². The van der Waals surface area contributed by atoms with E-state index in [0.29, 0.717) is 11.5 Å². The Morgan fingerprint density at radius 3 is 2.24 bits per heavy atom. The molecule has 1 aromatic carbocycles. The molecule has 1 fully saturated rings. The maximum absolute atomic E-state index is 13.6. The van der Waals surface area contributed by atoms with Crippen molar-refractivity contribution in [1.82, 2.24) is 0 Å². The quantitative estimate of drug-likeness (QED) is 0.832. The zero-order chi connectivity index (χ0) is 11.7. The molecule has 91 valence electrons. The predicted molar refractivity (Wildman–Crippen MR) is 58.4 cm³/mol. The molecular weight excluding hydrogens is 299 g/mol. The van der Waals surface area contributed by atoms with Crippen LogP contribution in [-0.2, 0) is 32.7 Å². The van der Waals surface area contributed by atoms with E-state index >= 15 is 0 Å². The summed E-state index contributed by atoms with van der Waals surface area (Å²) in [6.45, 7) is 2.18. The van der Waals surface area contributed by atoms with E-state index in [-0.39, 0.29) is 38.6 Å². The third kappa shape index (κ3) is 3.26. The summed E-state index contributed by atoms with van der Waals surface area (Å²) in [6, 6.07) is 2.75. The Labute approximate surface area is 125 Å². The Morgan fingerprint density at radius 1 is 1.06 bits per heavy atom. The van der Waals surface area contributed by atoms with Gasteiger partial charge in [0, 0.05) is 32.7 Å². The minimum absolute atomic E-state index is 0. The summed E-state index contributed by atoms with van der Waals surface area (Å²) in [4.78, 5) is 0. The standard InChI is InChI=1S/C13H16F2O.Y/c1-8-2-4-9(5-3-8)10-6-7-11(16)13(15)12(10)14;/h6-9,16H,2-5H2,1H3;. The smallest absolute Gasteiger partial charge is 0.200 e. The van der Waals surface area contributed by atoms with Crippen molar-refractivity contribution in [1.29, 1.82) is 0 Å². The van der Waals surface area contributed by atoms with Crippen molar-refractivity contribution in [3.8, 4) is 5.75 Å². The summed E-state index contributed by atoms with van der Waals surface area (Å²) >= 11 is 0. The first kappa shape index (κ1) is 15.0. The molecule has 4 heteroatoms. The van der Waals surface area contributed by atoms with Crippen LogP contribution in [0.25, 0.3) is 0 Å². The molecule has 0 amide bonds. The molecule has 0 heterocycles. The van der Waals surface area contributed by atoms with Crippen LogP contribution in [0.15, 0.2) is 12.1 Å². The van der Waals surface area contributed by atoms with Gasteiger partial charge in [0.05, 0.1) is 0 Å². The number of hydrogen-bond acceptors (Lipinski definition) is 1. The summed E-state index contributed by atoms with van der Waals surface area (Å²) in [5.74, 6) is -1.81. The van der Waals surface area contributed by atoms with E-state index in [1.807, 2.05) is 0 Å². The molecule has 1 saturated carbocycles. The maximum atomic E-state index is 13.6. The largest absolute Gasteiger partial charge is 0.505 e. The molecule has 0 aliphatic heterocycles. The average Bonchev–Trinajstić information content (AvgIpc) is 2.28. The zero-order valence-corrected chi connectivity index (χ0v) is 12.8. The predicted octanol–water partition coefficient (Wildman–Crippen LogP) is 3.96. The molecule has 1 aromatic rings. The molecular formula is C13H16F2OY. The number of phenols is 1. The Morgan fingerprint density at radius 2 is 1.65 bits per heavy atom. The van der Waals surface area contributed by atoms with Crippen molar-refractivity contribution >= 4 is 0 Å². The van der Waals surface area contributed by atoms with Crippen molar-refractivity contribution in [2.24, 2.45) is 5.92 Å². The van der Waals surface area contributed by atoms with Crippen molar-refractivity contribution in [2.75, 3.05) is 0 Å². The van der Waals surface area contributed by atoms with Crippen LogP contribution >= 0.6 is 0 Å². The Balaban J connectivity index is 0.00000144. The SMILES string of the molecule is CC1CCC(c2ccc(O)c(F)c2F)CC1.[Y]. The number of hydrogen-bond donors (Lipinski definition) is 1. The van der Waals surface area contributed by atoms with Gasteiger partial charge in [-0.15, -0.1) is 0 Å². The fourth-order valence-corrected chi connectivity index (χ4v) is 2.44. The maximum Gasteiger partial charge on any atom is 0.200 e. The van der Waals surface area contributed by atoms with Gasteiger partial charge in [-0.05, 0) is 36.3 Å². The third-order valence-corrected chi connectivity index (χ3v) is 3.55. The Hall–Kier alpha value is -0.0161. The van der Waals surface area contributed by atoms with Gasteiger partial charge in [-0.1, -0.05) is 25.8 Å². The van der Waals surface area contributed by atoms with Crippen LogP contribution in [-0.4, -0.2) is 5.11 Å². The van der Waals surface area contributed by atoms with E-state index in [4.69, 9.17) is 5.11 Å². The van der Waals surface area contributed by atoms with E-state index in [1.54, 1.807) is 0 Å². The molecule has 1 radical (unpaired) electrons. The van der Waals surface area contributed by atoms with Crippen molar-refractivity contribution in [2.45, 2.75) is 38.5 Å². The summed E-state index contributed by atoms with van der Waals surface area (Å²) in [5.41, 5.74) is 0.419. The first-order valence-corrected chi connectivity index (χ1v) is 5.76. The number of aromatic hydroxyl groups is 1. The molecule has 0 aromatic heterocycles. The molecule has 17 heavy (non-hydrogen) atoms. The Bertz CT molecular complexity index is 387. The van der Waals surface area contributed by atoms with Crippen molar-refractivity contribution in [3.05, 3.63) is 29.3 Å². The summed E-state index contributed by atoms with van der Waals surface area (Å²) in [5, 5.41) is 9.05. The molecule has 0 atom stereocenters. The van der Waals surface area contributed by atoms with Crippen LogP contribution in [0.5, 0.6) is 5.75 Å². The molecule has 0 saturated heterocycles. The molecule has 2 rings (SSSR count). The van der Waals surface area contributed by atoms with Crippen LogP contribution in [0.4, 0.5) is 8.78 Å². The molecule has 0 unspecified atom stereocenters. The number of halogens is 2. The third-order valence-electron chi connectivity index (χ3n) is 3.55. The van der Waals surface area contributed by atoms with Crippen molar-refractivity contribution < 1.29 is 46.6 Å². The number of benzene rings is 1. The minimum atomic E-state index is -1.11. The number of rotatable bonds is 1. The van der Waals surface area contributed by atoms with Crippen molar-refractivity contribution in [3.63, 3.8) is 0 Å². The minimum Gasteiger partial charge on any atom is -0.505 e. The van der Waals surface area contributed by atoms with E-state index < -0.39 is 17.4 Å². The van der Waals surface area contributed by atoms with Gasteiger partial charge < -0.3 is 5.11 Å². The van der Waals surface area contributed by atoms with Gasteiger partial charge in [0.2, 0.25) is 5.82 Å². The summed E-state index contributed by atoms with van der Waals surface area (Å²) < 4.78 is 26.8. The molecule has 1 N–H and O–H groups in total. The molecule has 1 nitrogen and oxygen atoms in total. The van der Waals surface area contributed by atoms with E-state index in [0.717, 1.165) is 25.7 Å². The molecule has 0 spiro atoms. The second-order valence-electron chi connectivity index (χ2n) is 4.76. The Kier molecular flexibility index (Phi) is 5.52. The van der Waals surface area contributed by atoms with Gasteiger partial charge in [0.1, 0.15) is 0 Å². The van der Waals surface area contributed by atoms with Gasteiger partial charge in [0.25, 0.3) is 0 Å². The van der Waals surface area contributed by atoms with E-state index in [1.165, 1.54) is 12.1 Å². The number of phenolic OH excluding ortho intramolecular Hbond substituents is 1. The van der Waals surface area contributed by atoms with Crippen LogP contribution < -0.4 is 0 Å². The second-order valence-corrected chi connectivity index (χ2v) is 4.76. The van der Waals surface area contributed by atoms with Crippen LogP contribution in [0, 0.1) is 17.6 Å². The van der Waals surface area contributed by atoms with Gasteiger partial charge in [-0.25, -0.2) is 4.39 Å². The van der Waals surface area contributed by atoms with E-state index in [2.05, 4.69) is 6.92 Å². The molecule has 1 aliphatic carbocycles. The average molecular weight is 315 g/mol. The molecule has 1 aliphatic rings. The summed E-state index contributed by atoms with van der Waals surface area (Å²) in [6.07, 6.45) is 3.93. The zero-order valence-electron chi connectivity index (χ0n) is 9.92. The first-order chi connectivity index (χ1) is 7.59. The van der Waals surface area contributed by atoms with Gasteiger partial charge in [0.15, 0.2) is 11.6 Å². The van der Waals surface area contributed by atoms with Gasteiger partial charge >= 0.3 is 0 Å². The van der Waals surface area contributed by atoms with Gasteiger partial charge in [-0.2, -0.15) is 4.39 Å². The normalized spacial score (nSPS) is 24.2. The first-order valence-electron chi connectivity index (χ1n) is 5.76. The summed E-state index contributed by atoms with van der Waals surface area (Å²) in [7, 11) is 0. The fraction of sp³-hybridized carbons (Fsp3) is 0.538. The fourth-order valence-electron chi connectivity index (χ4n) is 2.44. The van der Waals surface area contributed by atoms with E-state index in [9.17, 15) is 8.78 Å². The van der Waals surface area contributed by atoms with Crippen LogP contribution in [0.1, 0.15) is 44.1 Å². The second kappa shape index (κ2) is 6.24. The molecule has 0 bridgehead atoms. The van der Waals surface area contributed by atoms with Gasteiger partial charge in [-0.3, -0.25) is 0 Å². The topological polar surface area (TPSA) is 20.2 Å².